The Kier molecular flexibility index (Phi) is 5.99. The molecule has 2 aromatic rings. The molecule has 0 radical (unpaired) electrons. The Morgan fingerprint density at radius 2 is 1.88 bits per heavy atom. The van der Waals surface area contributed by atoms with Crippen molar-refractivity contribution < 1.29 is 4.79 Å². The molecule has 0 atom stereocenters. The molecule has 0 saturated carbocycles. The fourth-order valence-electron chi connectivity index (χ4n) is 3.20. The van der Waals surface area contributed by atoms with Crippen LogP contribution in [0.15, 0.2) is 36.5 Å². The number of benzene rings is 1. The zero-order valence-electron chi connectivity index (χ0n) is 14.9. The largest absolute Gasteiger partial charge is 0.370 e. The molecular formula is C20H26N4O. The Hall–Kier alpha value is -2.43. The first kappa shape index (κ1) is 17.4. The van der Waals surface area contributed by atoms with Crippen molar-refractivity contribution in [2.75, 3.05) is 25.0 Å². The van der Waals surface area contributed by atoms with Gasteiger partial charge in [0.15, 0.2) is 5.82 Å². The zero-order valence-corrected chi connectivity index (χ0v) is 14.9. The monoisotopic (exact) mass is 338 g/mol. The predicted octanol–water partition coefficient (Wildman–Crippen LogP) is 3.98. The maximum Gasteiger partial charge on any atom is 0.253 e. The lowest BCUT2D eigenvalue weighted by Gasteiger charge is -2.25. The number of hydrogen-bond acceptors (Lipinski definition) is 4. The number of anilines is 1. The van der Waals surface area contributed by atoms with Crippen LogP contribution >= 0.6 is 0 Å². The number of nitrogens with zero attached hydrogens (tertiary/aromatic N) is 3. The van der Waals surface area contributed by atoms with Crippen molar-refractivity contribution in [1.82, 2.24) is 14.9 Å². The van der Waals surface area contributed by atoms with Gasteiger partial charge in [-0.05, 0) is 38.0 Å². The first-order valence-corrected chi connectivity index (χ1v) is 9.24. The van der Waals surface area contributed by atoms with Crippen LogP contribution < -0.4 is 5.32 Å². The summed E-state index contributed by atoms with van der Waals surface area (Å²) in [6, 6.07) is 9.51. The number of carbonyl (C=O) groups is 1. The molecule has 0 bridgehead atoms. The van der Waals surface area contributed by atoms with Gasteiger partial charge in [0.25, 0.3) is 5.91 Å². The van der Waals surface area contributed by atoms with Gasteiger partial charge in [-0.1, -0.05) is 31.4 Å². The average Bonchev–Trinajstić information content (AvgIpc) is 2.62. The summed E-state index contributed by atoms with van der Waals surface area (Å²) in [5, 5.41) is 3.19. The van der Waals surface area contributed by atoms with Crippen molar-refractivity contribution in [3.63, 3.8) is 0 Å². The van der Waals surface area contributed by atoms with Gasteiger partial charge in [-0.25, -0.2) is 9.97 Å². The maximum atomic E-state index is 12.9. The number of likely N-dealkylation sites (tertiary alicyclic amines) is 1. The van der Waals surface area contributed by atoms with Crippen LogP contribution in [0.5, 0.6) is 0 Å². The second-order valence-corrected chi connectivity index (χ2v) is 6.44. The van der Waals surface area contributed by atoms with Crippen molar-refractivity contribution in [2.45, 2.75) is 39.0 Å². The van der Waals surface area contributed by atoms with E-state index in [1.165, 1.54) is 19.3 Å². The van der Waals surface area contributed by atoms with Gasteiger partial charge in [-0.2, -0.15) is 0 Å². The van der Waals surface area contributed by atoms with Crippen LogP contribution in [0, 0.1) is 0 Å². The lowest BCUT2D eigenvalue weighted by molar-refractivity contribution is 0.0742. The fourth-order valence-corrected chi connectivity index (χ4v) is 3.20. The van der Waals surface area contributed by atoms with Gasteiger partial charge in [0, 0.05) is 37.0 Å². The van der Waals surface area contributed by atoms with Crippen LogP contribution in [-0.2, 0) is 0 Å². The quantitative estimate of drug-likeness (QED) is 0.916. The Morgan fingerprint density at radius 1 is 1.12 bits per heavy atom. The van der Waals surface area contributed by atoms with E-state index in [0.717, 1.165) is 49.4 Å². The number of aromatic nitrogens is 2. The zero-order chi connectivity index (χ0) is 17.5. The molecule has 5 nitrogen and oxygen atoms in total. The fraction of sp³-hybridized carbons (Fsp3) is 0.450. The standard InChI is InChI=1S/C20H26N4O/c1-2-21-18-11-12-22-19(23-18)16-9-8-10-17(15-16)20(25)24-13-6-4-3-5-7-14-24/h8-12,15H,2-7,13-14H2,1H3,(H,21,22,23). The third kappa shape index (κ3) is 4.56. The molecular weight excluding hydrogens is 312 g/mol. The molecule has 0 aliphatic carbocycles. The average molecular weight is 338 g/mol. The van der Waals surface area contributed by atoms with E-state index < -0.39 is 0 Å². The number of nitrogens with one attached hydrogen (secondary N) is 1. The number of amides is 1. The van der Waals surface area contributed by atoms with Crippen molar-refractivity contribution >= 4 is 11.7 Å². The lowest BCUT2D eigenvalue weighted by Crippen LogP contribution is -2.33. The number of hydrogen-bond donors (Lipinski definition) is 1. The van der Waals surface area contributed by atoms with Gasteiger partial charge in [-0.3, -0.25) is 4.79 Å². The van der Waals surface area contributed by atoms with Gasteiger partial charge in [-0.15, -0.1) is 0 Å². The summed E-state index contributed by atoms with van der Waals surface area (Å²) < 4.78 is 0. The molecule has 1 aromatic heterocycles. The van der Waals surface area contributed by atoms with E-state index in [9.17, 15) is 4.79 Å². The normalized spacial score (nSPS) is 15.3. The lowest BCUT2D eigenvalue weighted by atomic mass is 10.1. The molecule has 1 amide bonds. The predicted molar refractivity (Wildman–Crippen MR) is 101 cm³/mol. The minimum absolute atomic E-state index is 0.117. The third-order valence-electron chi connectivity index (χ3n) is 4.52. The van der Waals surface area contributed by atoms with Crippen LogP contribution in [0.2, 0.25) is 0 Å². The highest BCUT2D eigenvalue weighted by atomic mass is 16.2. The first-order chi connectivity index (χ1) is 12.3. The molecule has 5 heteroatoms. The smallest absolute Gasteiger partial charge is 0.253 e. The highest BCUT2D eigenvalue weighted by Crippen LogP contribution is 2.20. The topological polar surface area (TPSA) is 58.1 Å². The second-order valence-electron chi connectivity index (χ2n) is 6.44. The summed E-state index contributed by atoms with van der Waals surface area (Å²) in [6.45, 7) is 4.55. The van der Waals surface area contributed by atoms with Gasteiger partial charge < -0.3 is 10.2 Å². The molecule has 3 rings (SSSR count). The van der Waals surface area contributed by atoms with E-state index in [2.05, 4.69) is 15.3 Å². The molecule has 132 valence electrons. The van der Waals surface area contributed by atoms with Crippen LogP contribution in [0.3, 0.4) is 0 Å². The molecule has 1 fully saturated rings. The van der Waals surface area contributed by atoms with Crippen LogP contribution in [-0.4, -0.2) is 40.4 Å². The van der Waals surface area contributed by atoms with Gasteiger partial charge >= 0.3 is 0 Å². The van der Waals surface area contributed by atoms with E-state index >= 15 is 0 Å². The molecule has 1 aliphatic heterocycles. The van der Waals surface area contributed by atoms with Gasteiger partial charge in [0.05, 0.1) is 0 Å². The highest BCUT2D eigenvalue weighted by molar-refractivity contribution is 5.95. The Balaban J connectivity index is 1.80. The molecule has 1 aromatic carbocycles. The third-order valence-corrected chi connectivity index (χ3v) is 4.52. The van der Waals surface area contributed by atoms with E-state index in [0.29, 0.717) is 5.82 Å². The van der Waals surface area contributed by atoms with E-state index in [1.54, 1.807) is 6.20 Å². The molecule has 1 saturated heterocycles. The van der Waals surface area contributed by atoms with Crippen LogP contribution in [0.1, 0.15) is 49.4 Å². The van der Waals surface area contributed by atoms with E-state index in [1.807, 2.05) is 42.2 Å². The molecule has 1 N–H and O–H groups in total. The summed E-state index contributed by atoms with van der Waals surface area (Å²) in [4.78, 5) is 23.8. The van der Waals surface area contributed by atoms with Crippen LogP contribution in [0.4, 0.5) is 5.82 Å². The molecule has 25 heavy (non-hydrogen) atoms. The SMILES string of the molecule is CCNc1ccnc(-c2cccc(C(=O)N3CCCCCCC3)c2)n1. The highest BCUT2D eigenvalue weighted by Gasteiger charge is 2.17. The Morgan fingerprint density at radius 3 is 2.64 bits per heavy atom. The van der Waals surface area contributed by atoms with Crippen molar-refractivity contribution in [3.8, 4) is 11.4 Å². The van der Waals surface area contributed by atoms with Crippen molar-refractivity contribution in [1.29, 1.82) is 0 Å². The summed E-state index contributed by atoms with van der Waals surface area (Å²) in [6.07, 6.45) is 7.66. The minimum Gasteiger partial charge on any atom is -0.370 e. The maximum absolute atomic E-state index is 12.9. The molecule has 0 unspecified atom stereocenters. The number of rotatable bonds is 4. The molecule has 2 heterocycles. The van der Waals surface area contributed by atoms with Gasteiger partial charge in [0.2, 0.25) is 0 Å². The van der Waals surface area contributed by atoms with E-state index in [-0.39, 0.29) is 5.91 Å². The molecule has 0 spiro atoms. The minimum atomic E-state index is 0.117. The number of carbonyl (C=O) groups excluding carboxylic acids is 1. The Labute approximate surface area is 149 Å². The summed E-state index contributed by atoms with van der Waals surface area (Å²) >= 11 is 0. The van der Waals surface area contributed by atoms with Crippen molar-refractivity contribution in [2.24, 2.45) is 0 Å². The first-order valence-electron chi connectivity index (χ1n) is 9.24. The van der Waals surface area contributed by atoms with Crippen LogP contribution in [0.25, 0.3) is 11.4 Å². The van der Waals surface area contributed by atoms with Gasteiger partial charge in [0.1, 0.15) is 5.82 Å². The summed E-state index contributed by atoms with van der Waals surface area (Å²) in [5.41, 5.74) is 1.59. The Bertz CT molecular complexity index is 708. The van der Waals surface area contributed by atoms with E-state index in [4.69, 9.17) is 0 Å². The van der Waals surface area contributed by atoms with Crippen molar-refractivity contribution in [3.05, 3.63) is 42.1 Å². The summed E-state index contributed by atoms with van der Waals surface area (Å²) in [7, 11) is 0. The second kappa shape index (κ2) is 8.60. The molecule has 1 aliphatic rings. The summed E-state index contributed by atoms with van der Waals surface area (Å²) in [5.74, 6) is 1.56.